The third-order valence-electron chi connectivity index (χ3n) is 5.37. The molecule has 0 aliphatic carbocycles. The second-order valence-electron chi connectivity index (χ2n) is 7.22. The summed E-state index contributed by atoms with van der Waals surface area (Å²) in [7, 11) is 0. The number of likely N-dealkylation sites (tertiary alicyclic amines) is 1. The molecule has 2 aromatic carbocycles. The number of amides is 1. The second kappa shape index (κ2) is 7.28. The predicted octanol–water partition coefficient (Wildman–Crippen LogP) is 5.08. The van der Waals surface area contributed by atoms with Crippen LogP contribution in [0.3, 0.4) is 0 Å². The Bertz CT molecular complexity index is 1290. The maximum absolute atomic E-state index is 12.9. The Labute approximate surface area is 175 Å². The molecule has 1 aliphatic heterocycles. The molecular weight excluding hydrogens is 408 g/mol. The number of carbonyl (C=O) groups excluding carboxylic acids is 1. The van der Waals surface area contributed by atoms with Crippen molar-refractivity contribution in [2.24, 2.45) is 0 Å². The molecule has 146 valence electrons. The fourth-order valence-corrected chi connectivity index (χ4v) is 5.09. The summed E-state index contributed by atoms with van der Waals surface area (Å²) in [4.78, 5) is 31.7. The van der Waals surface area contributed by atoms with E-state index in [-0.39, 0.29) is 11.5 Å². The van der Waals surface area contributed by atoms with Crippen LogP contribution >= 0.6 is 22.9 Å². The van der Waals surface area contributed by atoms with Crippen LogP contribution < -0.4 is 5.63 Å². The highest BCUT2D eigenvalue weighted by atomic mass is 35.5. The number of benzene rings is 2. The smallest absolute Gasteiger partial charge is 0.349 e. The van der Waals surface area contributed by atoms with Crippen molar-refractivity contribution < 1.29 is 9.21 Å². The van der Waals surface area contributed by atoms with Gasteiger partial charge in [-0.15, -0.1) is 11.3 Å². The van der Waals surface area contributed by atoms with Gasteiger partial charge in [-0.3, -0.25) is 4.79 Å². The largest absolute Gasteiger partial charge is 0.422 e. The molecule has 0 saturated carbocycles. The van der Waals surface area contributed by atoms with Gasteiger partial charge in [-0.05, 0) is 43.2 Å². The minimum Gasteiger partial charge on any atom is -0.422 e. The lowest BCUT2D eigenvalue weighted by atomic mass is 9.97. The molecule has 0 atom stereocenters. The van der Waals surface area contributed by atoms with Crippen molar-refractivity contribution in [3.8, 4) is 0 Å². The molecule has 4 aromatic rings. The maximum Gasteiger partial charge on any atom is 0.349 e. The first-order chi connectivity index (χ1) is 14.1. The number of halogens is 1. The van der Waals surface area contributed by atoms with Crippen LogP contribution in [-0.2, 0) is 0 Å². The van der Waals surface area contributed by atoms with Gasteiger partial charge in [0.25, 0.3) is 5.91 Å². The lowest BCUT2D eigenvalue weighted by Gasteiger charge is -2.30. The molecule has 0 radical (unpaired) electrons. The number of rotatable bonds is 2. The summed E-state index contributed by atoms with van der Waals surface area (Å²) in [6, 6.07) is 14.6. The molecule has 1 amide bonds. The second-order valence-corrected chi connectivity index (χ2v) is 8.71. The van der Waals surface area contributed by atoms with Crippen molar-refractivity contribution in [1.29, 1.82) is 0 Å². The van der Waals surface area contributed by atoms with E-state index < -0.39 is 5.63 Å². The number of aromatic nitrogens is 1. The highest BCUT2D eigenvalue weighted by Gasteiger charge is 2.28. The van der Waals surface area contributed by atoms with Crippen molar-refractivity contribution in [2.45, 2.75) is 18.8 Å². The van der Waals surface area contributed by atoms with Crippen LogP contribution in [0, 0.1) is 0 Å². The molecule has 5 nitrogen and oxygen atoms in total. The first-order valence-electron chi connectivity index (χ1n) is 9.46. The number of nitrogens with zero attached hydrogens (tertiary/aromatic N) is 2. The van der Waals surface area contributed by atoms with Crippen LogP contribution in [0.25, 0.3) is 21.2 Å². The van der Waals surface area contributed by atoms with E-state index in [9.17, 15) is 9.59 Å². The molecule has 2 aromatic heterocycles. The summed E-state index contributed by atoms with van der Waals surface area (Å²) in [6.45, 7) is 1.18. The van der Waals surface area contributed by atoms with Gasteiger partial charge in [0, 0.05) is 29.4 Å². The zero-order valence-corrected chi connectivity index (χ0v) is 17.0. The number of carbonyl (C=O) groups is 1. The van der Waals surface area contributed by atoms with Gasteiger partial charge in [0.2, 0.25) is 0 Å². The Morgan fingerprint density at radius 3 is 2.76 bits per heavy atom. The number of piperidine rings is 1. The topological polar surface area (TPSA) is 63.4 Å². The Morgan fingerprint density at radius 2 is 1.93 bits per heavy atom. The molecule has 5 rings (SSSR count). The van der Waals surface area contributed by atoms with Gasteiger partial charge in [0.15, 0.2) is 0 Å². The van der Waals surface area contributed by atoms with E-state index in [1.807, 2.05) is 30.3 Å². The summed E-state index contributed by atoms with van der Waals surface area (Å²) in [5.74, 6) is 0.0438. The lowest BCUT2D eigenvalue weighted by molar-refractivity contribution is 0.0709. The lowest BCUT2D eigenvalue weighted by Crippen LogP contribution is -2.39. The number of hydrogen-bond donors (Lipinski definition) is 0. The van der Waals surface area contributed by atoms with Gasteiger partial charge in [-0.25, -0.2) is 9.78 Å². The predicted molar refractivity (Wildman–Crippen MR) is 115 cm³/mol. The van der Waals surface area contributed by atoms with Crippen molar-refractivity contribution in [2.75, 3.05) is 13.1 Å². The zero-order chi connectivity index (χ0) is 20.0. The fourth-order valence-electron chi connectivity index (χ4n) is 3.80. The van der Waals surface area contributed by atoms with E-state index in [1.165, 1.54) is 0 Å². The highest BCUT2D eigenvalue weighted by molar-refractivity contribution is 7.18. The normalized spacial score (nSPS) is 15.3. The van der Waals surface area contributed by atoms with Crippen LogP contribution in [0.5, 0.6) is 0 Å². The Hall–Kier alpha value is -2.70. The van der Waals surface area contributed by atoms with E-state index in [0.29, 0.717) is 29.6 Å². The van der Waals surface area contributed by atoms with E-state index in [0.717, 1.165) is 33.5 Å². The zero-order valence-electron chi connectivity index (χ0n) is 15.4. The van der Waals surface area contributed by atoms with Gasteiger partial charge in [0.1, 0.15) is 11.1 Å². The van der Waals surface area contributed by atoms with Gasteiger partial charge in [-0.1, -0.05) is 29.8 Å². The van der Waals surface area contributed by atoms with Gasteiger partial charge in [0.05, 0.1) is 15.2 Å². The molecule has 1 aliphatic rings. The third-order valence-corrected chi connectivity index (χ3v) is 6.80. The fraction of sp³-hybridized carbons (Fsp3) is 0.227. The average molecular weight is 425 g/mol. The van der Waals surface area contributed by atoms with Crippen LogP contribution in [0.1, 0.15) is 34.1 Å². The quantitative estimate of drug-likeness (QED) is 0.421. The van der Waals surface area contributed by atoms with Crippen molar-refractivity contribution in [1.82, 2.24) is 9.88 Å². The van der Waals surface area contributed by atoms with Crippen molar-refractivity contribution in [3.63, 3.8) is 0 Å². The number of para-hydroxylation sites is 1. The molecule has 0 spiro atoms. The van der Waals surface area contributed by atoms with Crippen LogP contribution in [0.2, 0.25) is 5.02 Å². The summed E-state index contributed by atoms with van der Waals surface area (Å²) in [5.41, 5.74) is 0.920. The summed E-state index contributed by atoms with van der Waals surface area (Å²) >= 11 is 7.75. The molecule has 0 N–H and O–H groups in total. The number of thiazole rings is 1. The summed E-state index contributed by atoms with van der Waals surface area (Å²) in [5, 5.41) is 2.52. The monoisotopic (exact) mass is 424 g/mol. The number of fused-ring (bicyclic) bond motifs is 2. The van der Waals surface area contributed by atoms with E-state index in [2.05, 4.69) is 0 Å². The van der Waals surface area contributed by atoms with Gasteiger partial charge in [-0.2, -0.15) is 0 Å². The third kappa shape index (κ3) is 3.43. The molecule has 1 fully saturated rings. The van der Waals surface area contributed by atoms with E-state index >= 15 is 0 Å². The summed E-state index contributed by atoms with van der Waals surface area (Å²) < 4.78 is 6.44. The average Bonchev–Trinajstić information content (AvgIpc) is 3.16. The van der Waals surface area contributed by atoms with Crippen LogP contribution in [0.4, 0.5) is 0 Å². The minimum absolute atomic E-state index is 0.0942. The van der Waals surface area contributed by atoms with E-state index in [4.69, 9.17) is 21.0 Å². The first-order valence-corrected chi connectivity index (χ1v) is 10.7. The number of hydrogen-bond acceptors (Lipinski definition) is 5. The molecule has 1 saturated heterocycles. The Morgan fingerprint density at radius 1 is 1.14 bits per heavy atom. The van der Waals surface area contributed by atoms with Crippen LogP contribution in [0.15, 0.2) is 57.7 Å². The molecule has 0 bridgehead atoms. The van der Waals surface area contributed by atoms with Gasteiger partial charge >= 0.3 is 5.63 Å². The summed E-state index contributed by atoms with van der Waals surface area (Å²) in [6.07, 6.45) is 1.64. The Balaban J connectivity index is 1.34. The minimum atomic E-state index is -0.584. The molecule has 3 heterocycles. The van der Waals surface area contributed by atoms with Gasteiger partial charge < -0.3 is 9.32 Å². The first kappa shape index (κ1) is 18.3. The highest BCUT2D eigenvalue weighted by Crippen LogP contribution is 2.35. The van der Waals surface area contributed by atoms with Crippen LogP contribution in [-0.4, -0.2) is 28.9 Å². The molecule has 29 heavy (non-hydrogen) atoms. The van der Waals surface area contributed by atoms with E-state index in [1.54, 1.807) is 34.4 Å². The van der Waals surface area contributed by atoms with Crippen molar-refractivity contribution >= 4 is 50.0 Å². The standard InChI is InChI=1S/C22H17ClN2O3S/c23-15-5-6-19-17(12-15)24-20(29-19)13-7-9-25(10-8-13)21(26)16-11-14-3-1-2-4-18(14)28-22(16)27/h1-6,11-13H,7-10H2. The Kier molecular flexibility index (Phi) is 4.60. The van der Waals surface area contributed by atoms with Crippen molar-refractivity contribution in [3.05, 3.63) is 74.5 Å². The molecular formula is C22H17ClN2O3S. The molecule has 7 heteroatoms. The molecule has 0 unspecified atom stereocenters. The maximum atomic E-state index is 12.9. The SMILES string of the molecule is O=C(c1cc2ccccc2oc1=O)N1CCC(c2nc3cc(Cl)ccc3s2)CC1.